The van der Waals surface area contributed by atoms with E-state index in [2.05, 4.69) is 28.9 Å². The van der Waals surface area contributed by atoms with Gasteiger partial charge >= 0.3 is 13.8 Å². The van der Waals surface area contributed by atoms with Gasteiger partial charge < -0.3 is 20.2 Å². The molecule has 8 nitrogen and oxygen atoms in total. The highest BCUT2D eigenvalue weighted by molar-refractivity contribution is 7.46. The van der Waals surface area contributed by atoms with Crippen LogP contribution in [0.4, 0.5) is 0 Å². The van der Waals surface area contributed by atoms with E-state index < -0.39 is 32.3 Å². The molecular formula is C20H38NO7P. The van der Waals surface area contributed by atoms with Crippen LogP contribution in [-0.2, 0) is 18.7 Å². The monoisotopic (exact) mass is 435 g/mol. The van der Waals surface area contributed by atoms with Crippen molar-refractivity contribution < 1.29 is 33.6 Å². The van der Waals surface area contributed by atoms with Crippen LogP contribution in [0.15, 0.2) is 12.2 Å². The molecule has 0 aromatic carbocycles. The van der Waals surface area contributed by atoms with Gasteiger partial charge in [0.25, 0.3) is 0 Å². The highest BCUT2D eigenvalue weighted by Crippen LogP contribution is 2.35. The number of carbonyl (C=O) groups excluding carboxylic acids is 1. The number of hydrogen-bond acceptors (Lipinski definition) is 4. The molecule has 0 saturated heterocycles. The van der Waals surface area contributed by atoms with Crippen molar-refractivity contribution >= 4 is 19.7 Å². The Hall–Kier alpha value is -1.21. The molecule has 4 N–H and O–H groups in total. The number of phosphoric ester groups is 1. The van der Waals surface area contributed by atoms with E-state index in [4.69, 9.17) is 14.9 Å². The van der Waals surface area contributed by atoms with Gasteiger partial charge in [-0.15, -0.1) is 0 Å². The van der Waals surface area contributed by atoms with E-state index in [0.29, 0.717) is 6.42 Å². The second-order valence-corrected chi connectivity index (χ2v) is 8.46. The molecule has 0 heterocycles. The van der Waals surface area contributed by atoms with Gasteiger partial charge in [-0.1, -0.05) is 64.0 Å². The molecule has 0 aromatic heterocycles. The van der Waals surface area contributed by atoms with Crippen molar-refractivity contribution in [2.45, 2.75) is 96.4 Å². The number of nitrogens with one attached hydrogen (secondary N) is 1. The lowest BCUT2D eigenvalue weighted by atomic mass is 10.1. The molecule has 0 fully saturated rings. The maximum atomic E-state index is 11.8. The Morgan fingerprint density at radius 2 is 1.45 bits per heavy atom. The fourth-order valence-electron chi connectivity index (χ4n) is 2.79. The van der Waals surface area contributed by atoms with E-state index in [9.17, 15) is 14.2 Å². The lowest BCUT2D eigenvalue weighted by molar-refractivity contribution is -0.142. The van der Waals surface area contributed by atoms with Gasteiger partial charge in [-0.3, -0.25) is 9.32 Å². The fourth-order valence-corrected chi connectivity index (χ4v) is 3.14. The van der Waals surface area contributed by atoms with E-state index >= 15 is 0 Å². The number of carbonyl (C=O) groups is 2. The molecule has 0 bridgehead atoms. The van der Waals surface area contributed by atoms with E-state index in [-0.39, 0.29) is 6.42 Å². The molecule has 9 heteroatoms. The number of carboxylic acid groups (broad SMARTS) is 1. The Morgan fingerprint density at radius 3 is 1.97 bits per heavy atom. The normalized spacial score (nSPS) is 12.9. The largest absolute Gasteiger partial charge is 0.480 e. The van der Waals surface area contributed by atoms with Gasteiger partial charge in [0.1, 0.15) is 0 Å². The highest BCUT2D eigenvalue weighted by atomic mass is 31.2. The number of hydrogen-bond donors (Lipinski definition) is 4. The van der Waals surface area contributed by atoms with Crippen molar-refractivity contribution in [3.8, 4) is 0 Å². The highest BCUT2D eigenvalue weighted by Gasteiger charge is 2.24. The molecule has 0 unspecified atom stereocenters. The third-order valence-electron chi connectivity index (χ3n) is 4.46. The van der Waals surface area contributed by atoms with Crippen LogP contribution in [0.3, 0.4) is 0 Å². The van der Waals surface area contributed by atoms with Crippen LogP contribution in [0, 0.1) is 0 Å². The number of phosphoric acid groups is 1. The summed E-state index contributed by atoms with van der Waals surface area (Å²) in [5.74, 6) is -1.87. The van der Waals surface area contributed by atoms with Crippen molar-refractivity contribution in [2.24, 2.45) is 0 Å². The van der Waals surface area contributed by atoms with Crippen LogP contribution >= 0.6 is 7.82 Å². The summed E-state index contributed by atoms with van der Waals surface area (Å²) in [7, 11) is -4.78. The number of aliphatic carboxylic acids is 1. The maximum Gasteiger partial charge on any atom is 0.469 e. The molecule has 1 atom stereocenters. The maximum absolute atomic E-state index is 11.8. The van der Waals surface area contributed by atoms with Crippen molar-refractivity contribution in [3.05, 3.63) is 12.2 Å². The summed E-state index contributed by atoms with van der Waals surface area (Å²) >= 11 is 0. The predicted molar refractivity (Wildman–Crippen MR) is 112 cm³/mol. The molecule has 170 valence electrons. The van der Waals surface area contributed by atoms with Gasteiger partial charge in [0.15, 0.2) is 6.04 Å². The van der Waals surface area contributed by atoms with Crippen LogP contribution in [0.5, 0.6) is 0 Å². The Bertz CT molecular complexity index is 519. The summed E-state index contributed by atoms with van der Waals surface area (Å²) in [5, 5.41) is 11.2. The Labute approximate surface area is 174 Å². The standard InChI is InChI=1S/C20H38NO7P/c1-2-3-4-5-6-7-8-9-10-11-12-13-14-15-16-19(22)21-18(20(23)24)17-28-29(25,26)27/h9-10,18H,2-8,11-17H2,1H3,(H,21,22)(H,23,24)(H2,25,26,27)/b10-9-/t18-/m1/s1. The Morgan fingerprint density at radius 1 is 0.931 bits per heavy atom. The molecule has 0 saturated carbocycles. The lowest BCUT2D eigenvalue weighted by Gasteiger charge is -2.15. The van der Waals surface area contributed by atoms with E-state index in [1.165, 1.54) is 38.5 Å². The zero-order valence-corrected chi connectivity index (χ0v) is 18.4. The number of rotatable bonds is 19. The first-order valence-electron chi connectivity index (χ1n) is 10.6. The third-order valence-corrected chi connectivity index (χ3v) is 4.94. The molecule has 0 aliphatic rings. The van der Waals surface area contributed by atoms with Crippen LogP contribution in [0.2, 0.25) is 0 Å². The van der Waals surface area contributed by atoms with Crippen molar-refractivity contribution in [1.29, 1.82) is 0 Å². The first kappa shape index (κ1) is 27.8. The van der Waals surface area contributed by atoms with E-state index in [1.807, 2.05) is 0 Å². The van der Waals surface area contributed by atoms with Gasteiger partial charge in [0.2, 0.25) is 5.91 Å². The average molecular weight is 435 g/mol. The molecular weight excluding hydrogens is 397 g/mol. The molecule has 0 rings (SSSR count). The number of unbranched alkanes of at least 4 members (excludes halogenated alkanes) is 10. The summed E-state index contributed by atoms with van der Waals surface area (Å²) in [6, 6.07) is -1.48. The van der Waals surface area contributed by atoms with Gasteiger partial charge in [-0.25, -0.2) is 9.36 Å². The quantitative estimate of drug-likeness (QED) is 0.135. The van der Waals surface area contributed by atoms with Gasteiger partial charge in [-0.05, 0) is 32.1 Å². The van der Waals surface area contributed by atoms with Gasteiger partial charge in [0.05, 0.1) is 6.61 Å². The Balaban J connectivity index is 3.66. The second-order valence-electron chi connectivity index (χ2n) is 7.23. The SMILES string of the molecule is CCCCCCCC/C=C\CCCCCCC(=O)N[C@H](COP(=O)(O)O)C(=O)O. The van der Waals surface area contributed by atoms with Crippen molar-refractivity contribution in [2.75, 3.05) is 6.61 Å². The predicted octanol–water partition coefficient (Wildman–Crippen LogP) is 4.31. The van der Waals surface area contributed by atoms with Gasteiger partial charge in [-0.2, -0.15) is 0 Å². The summed E-state index contributed by atoms with van der Waals surface area (Å²) in [6.07, 6.45) is 18.2. The molecule has 0 aliphatic heterocycles. The molecule has 0 radical (unpaired) electrons. The van der Waals surface area contributed by atoms with Crippen LogP contribution in [0.1, 0.15) is 90.4 Å². The van der Waals surface area contributed by atoms with Crippen molar-refractivity contribution in [3.63, 3.8) is 0 Å². The molecule has 0 aromatic rings. The zero-order valence-electron chi connectivity index (χ0n) is 17.6. The minimum Gasteiger partial charge on any atom is -0.480 e. The smallest absolute Gasteiger partial charge is 0.469 e. The number of allylic oxidation sites excluding steroid dienone is 2. The molecule has 1 amide bonds. The minimum atomic E-state index is -4.78. The van der Waals surface area contributed by atoms with Crippen molar-refractivity contribution in [1.82, 2.24) is 5.32 Å². The molecule has 29 heavy (non-hydrogen) atoms. The van der Waals surface area contributed by atoms with Crippen LogP contribution in [0.25, 0.3) is 0 Å². The average Bonchev–Trinajstić information content (AvgIpc) is 2.64. The number of amides is 1. The van der Waals surface area contributed by atoms with E-state index in [0.717, 1.165) is 32.1 Å². The second kappa shape index (κ2) is 17.6. The molecule has 0 spiro atoms. The number of carboxylic acids is 1. The fraction of sp³-hybridized carbons (Fsp3) is 0.800. The van der Waals surface area contributed by atoms with Crippen LogP contribution in [-0.4, -0.2) is 39.4 Å². The van der Waals surface area contributed by atoms with Gasteiger partial charge in [0, 0.05) is 6.42 Å². The lowest BCUT2D eigenvalue weighted by Crippen LogP contribution is -2.43. The Kier molecular flexibility index (Phi) is 16.9. The zero-order chi connectivity index (χ0) is 22.0. The van der Waals surface area contributed by atoms with E-state index in [1.54, 1.807) is 0 Å². The summed E-state index contributed by atoms with van der Waals surface area (Å²) in [5.41, 5.74) is 0. The first-order valence-corrected chi connectivity index (χ1v) is 12.2. The molecule has 0 aliphatic carbocycles. The minimum absolute atomic E-state index is 0.174. The summed E-state index contributed by atoms with van der Waals surface area (Å²) in [4.78, 5) is 40.0. The topological polar surface area (TPSA) is 133 Å². The van der Waals surface area contributed by atoms with Crippen LogP contribution < -0.4 is 5.32 Å². The summed E-state index contributed by atoms with van der Waals surface area (Å²) in [6.45, 7) is 1.44. The third kappa shape index (κ3) is 19.9. The first-order chi connectivity index (χ1) is 13.8. The summed E-state index contributed by atoms with van der Waals surface area (Å²) < 4.78 is 14.8.